The molecule has 1 saturated heterocycles. The molecular formula is C20H23ClN4OS. The fourth-order valence-electron chi connectivity index (χ4n) is 3.37. The predicted octanol–water partition coefficient (Wildman–Crippen LogP) is 3.83. The zero-order valence-corrected chi connectivity index (χ0v) is 16.8. The van der Waals surface area contributed by atoms with E-state index in [-0.39, 0.29) is 23.7 Å². The van der Waals surface area contributed by atoms with Crippen LogP contribution in [0.4, 0.5) is 0 Å². The Labute approximate surface area is 169 Å². The number of carbonyl (C=O) groups is 1. The first kappa shape index (κ1) is 19.6. The van der Waals surface area contributed by atoms with Crippen LogP contribution in [0.2, 0.25) is 0 Å². The Kier molecular flexibility index (Phi) is 5.69. The summed E-state index contributed by atoms with van der Waals surface area (Å²) in [6.45, 7) is 4.18. The van der Waals surface area contributed by atoms with Gasteiger partial charge < -0.3 is 10.6 Å². The predicted molar refractivity (Wildman–Crippen MR) is 112 cm³/mol. The van der Waals surface area contributed by atoms with Gasteiger partial charge in [0.2, 0.25) is 0 Å². The molecule has 1 aromatic carbocycles. The Morgan fingerprint density at radius 3 is 2.67 bits per heavy atom. The van der Waals surface area contributed by atoms with Gasteiger partial charge in [0, 0.05) is 19.3 Å². The van der Waals surface area contributed by atoms with Crippen molar-refractivity contribution in [2.45, 2.75) is 13.3 Å². The van der Waals surface area contributed by atoms with E-state index < -0.39 is 0 Å². The van der Waals surface area contributed by atoms with Gasteiger partial charge in [0.05, 0.1) is 16.1 Å². The fraction of sp³-hybridized carbons (Fsp3) is 0.300. The van der Waals surface area contributed by atoms with E-state index in [1.54, 1.807) is 16.0 Å². The number of benzene rings is 1. The number of carbonyl (C=O) groups excluding carboxylic acids is 1. The maximum atomic E-state index is 13.2. The summed E-state index contributed by atoms with van der Waals surface area (Å²) in [6, 6.07) is 13.9. The molecule has 4 rings (SSSR count). The van der Waals surface area contributed by atoms with Gasteiger partial charge in [-0.2, -0.15) is 5.10 Å². The molecule has 1 fully saturated rings. The van der Waals surface area contributed by atoms with E-state index >= 15 is 0 Å². The van der Waals surface area contributed by atoms with Crippen molar-refractivity contribution in [1.29, 1.82) is 0 Å². The van der Waals surface area contributed by atoms with Crippen LogP contribution < -0.4 is 5.73 Å². The summed E-state index contributed by atoms with van der Waals surface area (Å²) < 4.78 is 1.79. The van der Waals surface area contributed by atoms with E-state index in [9.17, 15) is 4.79 Å². The molecule has 0 saturated carbocycles. The number of amides is 1. The Morgan fingerprint density at radius 2 is 2.04 bits per heavy atom. The van der Waals surface area contributed by atoms with E-state index in [4.69, 9.17) is 10.8 Å². The molecule has 2 N–H and O–H groups in total. The molecular weight excluding hydrogens is 380 g/mol. The second-order valence-electron chi connectivity index (χ2n) is 7.14. The van der Waals surface area contributed by atoms with Crippen molar-refractivity contribution in [1.82, 2.24) is 14.7 Å². The minimum Gasteiger partial charge on any atom is -0.338 e. The van der Waals surface area contributed by atoms with Crippen LogP contribution in [0.1, 0.15) is 23.7 Å². The molecule has 1 atom stereocenters. The maximum Gasteiger partial charge on any atom is 0.257 e. The summed E-state index contributed by atoms with van der Waals surface area (Å²) >= 11 is 1.60. The average Bonchev–Trinajstić information content (AvgIpc) is 3.41. The number of nitrogens with two attached hydrogens (primary N) is 1. The standard InChI is InChI=1S/C20H22N4OS.ClH/c1-20(13-21)9-10-23(14-20)19(25)16-12-24(15-6-3-2-4-7-15)22-18(16)17-8-5-11-26-17;/h2-8,11-12H,9-10,13-14,21H2,1H3;1H. The monoisotopic (exact) mass is 402 g/mol. The fourth-order valence-corrected chi connectivity index (χ4v) is 4.10. The highest BCUT2D eigenvalue weighted by atomic mass is 35.5. The molecule has 27 heavy (non-hydrogen) atoms. The lowest BCUT2D eigenvalue weighted by atomic mass is 9.90. The van der Waals surface area contributed by atoms with E-state index in [0.29, 0.717) is 18.7 Å². The van der Waals surface area contributed by atoms with Gasteiger partial charge in [0.15, 0.2) is 0 Å². The van der Waals surface area contributed by atoms with Crippen molar-refractivity contribution in [3.63, 3.8) is 0 Å². The van der Waals surface area contributed by atoms with Crippen LogP contribution in [0.3, 0.4) is 0 Å². The molecule has 3 aromatic rings. The number of aromatic nitrogens is 2. The minimum atomic E-state index is 0. The number of halogens is 1. The first-order chi connectivity index (χ1) is 12.6. The molecule has 142 valence electrons. The van der Waals surface area contributed by atoms with Crippen LogP contribution in [-0.2, 0) is 0 Å². The van der Waals surface area contributed by atoms with Crippen LogP contribution >= 0.6 is 23.7 Å². The molecule has 7 heteroatoms. The van der Waals surface area contributed by atoms with Gasteiger partial charge in [-0.15, -0.1) is 23.7 Å². The second kappa shape index (κ2) is 7.84. The maximum absolute atomic E-state index is 13.2. The number of hydrogen-bond acceptors (Lipinski definition) is 4. The number of hydrogen-bond donors (Lipinski definition) is 1. The van der Waals surface area contributed by atoms with Gasteiger partial charge in [0.1, 0.15) is 5.69 Å². The Morgan fingerprint density at radius 1 is 1.26 bits per heavy atom. The van der Waals surface area contributed by atoms with Gasteiger partial charge in [-0.3, -0.25) is 4.79 Å². The zero-order chi connectivity index (χ0) is 18.1. The summed E-state index contributed by atoms with van der Waals surface area (Å²) in [4.78, 5) is 16.2. The van der Waals surface area contributed by atoms with Gasteiger partial charge in [-0.1, -0.05) is 31.2 Å². The topological polar surface area (TPSA) is 64.2 Å². The van der Waals surface area contributed by atoms with Crippen LogP contribution in [0.5, 0.6) is 0 Å². The van der Waals surface area contributed by atoms with Crippen LogP contribution in [-0.4, -0.2) is 40.2 Å². The van der Waals surface area contributed by atoms with Gasteiger partial charge >= 0.3 is 0 Å². The molecule has 0 spiro atoms. The smallest absolute Gasteiger partial charge is 0.257 e. The number of para-hydroxylation sites is 1. The Hall–Kier alpha value is -2.15. The van der Waals surface area contributed by atoms with Crippen molar-refractivity contribution < 1.29 is 4.79 Å². The van der Waals surface area contributed by atoms with Gasteiger partial charge in [-0.05, 0) is 42.0 Å². The van der Waals surface area contributed by atoms with Crippen molar-refractivity contribution in [3.05, 3.63) is 59.6 Å². The molecule has 3 heterocycles. The third-order valence-corrected chi connectivity index (χ3v) is 5.93. The molecule has 1 aliphatic heterocycles. The third-order valence-electron chi connectivity index (χ3n) is 5.06. The van der Waals surface area contributed by atoms with Gasteiger partial charge in [0.25, 0.3) is 5.91 Å². The largest absolute Gasteiger partial charge is 0.338 e. The summed E-state index contributed by atoms with van der Waals surface area (Å²) in [5, 5.41) is 6.73. The highest BCUT2D eigenvalue weighted by Gasteiger charge is 2.36. The molecule has 5 nitrogen and oxygen atoms in total. The first-order valence-corrected chi connectivity index (χ1v) is 9.66. The van der Waals surface area contributed by atoms with E-state index in [0.717, 1.165) is 29.2 Å². The van der Waals surface area contributed by atoms with Crippen molar-refractivity contribution in [2.24, 2.45) is 11.1 Å². The molecule has 0 radical (unpaired) electrons. The molecule has 0 bridgehead atoms. The van der Waals surface area contributed by atoms with Crippen molar-refractivity contribution in [3.8, 4) is 16.3 Å². The molecule has 0 aliphatic carbocycles. The van der Waals surface area contributed by atoms with Gasteiger partial charge in [-0.25, -0.2) is 4.68 Å². The molecule has 2 aromatic heterocycles. The highest BCUT2D eigenvalue weighted by Crippen LogP contribution is 2.33. The van der Waals surface area contributed by atoms with Crippen LogP contribution in [0, 0.1) is 5.41 Å². The molecule has 1 aliphatic rings. The summed E-state index contributed by atoms with van der Waals surface area (Å²) in [5.41, 5.74) is 8.25. The number of nitrogens with zero attached hydrogens (tertiary/aromatic N) is 3. The Balaban J connectivity index is 0.00000210. The Bertz CT molecular complexity index is 909. The lowest BCUT2D eigenvalue weighted by Gasteiger charge is -2.22. The summed E-state index contributed by atoms with van der Waals surface area (Å²) in [7, 11) is 0. The second-order valence-corrected chi connectivity index (χ2v) is 8.09. The van der Waals surface area contributed by atoms with Crippen molar-refractivity contribution >= 4 is 29.7 Å². The number of likely N-dealkylation sites (tertiary alicyclic amines) is 1. The van der Waals surface area contributed by atoms with E-state index in [2.05, 4.69) is 6.92 Å². The average molecular weight is 403 g/mol. The number of rotatable bonds is 4. The summed E-state index contributed by atoms with van der Waals surface area (Å²) in [5.74, 6) is 0.0350. The third kappa shape index (κ3) is 3.78. The molecule has 1 amide bonds. The SMILES string of the molecule is CC1(CN)CCN(C(=O)c2cn(-c3ccccc3)nc2-c2cccs2)C1.Cl. The van der Waals surface area contributed by atoms with E-state index in [1.807, 2.05) is 58.9 Å². The lowest BCUT2D eigenvalue weighted by Crippen LogP contribution is -2.34. The lowest BCUT2D eigenvalue weighted by molar-refractivity contribution is 0.0777. The first-order valence-electron chi connectivity index (χ1n) is 8.78. The highest BCUT2D eigenvalue weighted by molar-refractivity contribution is 7.13. The number of thiophene rings is 1. The quantitative estimate of drug-likeness (QED) is 0.721. The molecule has 1 unspecified atom stereocenters. The normalized spacial score (nSPS) is 19.1. The summed E-state index contributed by atoms with van der Waals surface area (Å²) in [6.07, 6.45) is 2.79. The minimum absolute atomic E-state index is 0. The van der Waals surface area contributed by atoms with Crippen LogP contribution in [0.15, 0.2) is 54.0 Å². The van der Waals surface area contributed by atoms with E-state index in [1.165, 1.54) is 0 Å². The van der Waals surface area contributed by atoms with Crippen molar-refractivity contribution in [2.75, 3.05) is 19.6 Å². The zero-order valence-electron chi connectivity index (χ0n) is 15.2. The van der Waals surface area contributed by atoms with Crippen LogP contribution in [0.25, 0.3) is 16.3 Å².